The third-order valence-electron chi connectivity index (χ3n) is 5.52. The Kier molecular flexibility index (Phi) is 8.27. The molecule has 1 aromatic heterocycles. The van der Waals surface area contributed by atoms with Crippen molar-refractivity contribution in [3.8, 4) is 5.69 Å². The number of hydrazone groups is 1. The van der Waals surface area contributed by atoms with Gasteiger partial charge in [-0.15, -0.1) is 0 Å². The first-order chi connectivity index (χ1) is 15.8. The number of hydrogen-bond donors (Lipinski definition) is 2. The fourth-order valence-electron chi connectivity index (χ4n) is 3.66. The summed E-state index contributed by atoms with van der Waals surface area (Å²) in [5.74, 6) is 0. The molecule has 0 amide bonds. The van der Waals surface area contributed by atoms with Gasteiger partial charge in [0, 0.05) is 5.69 Å². The summed E-state index contributed by atoms with van der Waals surface area (Å²) in [7, 11) is -3.85. The van der Waals surface area contributed by atoms with Gasteiger partial charge in [-0.1, -0.05) is 68.5 Å². The van der Waals surface area contributed by atoms with Gasteiger partial charge in [0.05, 0.1) is 21.9 Å². The number of rotatable bonds is 11. The highest BCUT2D eigenvalue weighted by Gasteiger charge is 2.20. The molecule has 0 aliphatic carbocycles. The molecule has 2 N–H and O–H groups in total. The van der Waals surface area contributed by atoms with Gasteiger partial charge in [-0.2, -0.15) is 18.4 Å². The molecule has 33 heavy (non-hydrogen) atoms. The Labute approximate surface area is 195 Å². The van der Waals surface area contributed by atoms with Gasteiger partial charge in [0.25, 0.3) is 15.6 Å². The Bertz CT molecular complexity index is 1240. The number of nitrogens with zero attached hydrogens (tertiary/aromatic N) is 2. The highest BCUT2D eigenvalue weighted by molar-refractivity contribution is 7.89. The summed E-state index contributed by atoms with van der Waals surface area (Å²) in [5, 5.41) is 7.36. The monoisotopic (exact) mass is 468 g/mol. The third kappa shape index (κ3) is 6.22. The van der Waals surface area contributed by atoms with Crippen LogP contribution in [0.25, 0.3) is 5.69 Å². The number of para-hydroxylation sites is 1. The molecule has 0 spiro atoms. The maximum absolute atomic E-state index is 13.3. The zero-order valence-corrected chi connectivity index (χ0v) is 20.3. The van der Waals surface area contributed by atoms with E-state index >= 15 is 0 Å². The molecule has 3 aromatic rings. The first-order valence-electron chi connectivity index (χ1n) is 11.4. The Morgan fingerprint density at radius 1 is 0.970 bits per heavy atom. The molecule has 176 valence electrons. The van der Waals surface area contributed by atoms with Gasteiger partial charge in [0.2, 0.25) is 0 Å². The lowest BCUT2D eigenvalue weighted by Crippen LogP contribution is -2.25. The van der Waals surface area contributed by atoms with Crippen LogP contribution in [0, 0.1) is 13.8 Å². The van der Waals surface area contributed by atoms with Gasteiger partial charge < -0.3 is 0 Å². The Balaban J connectivity index is 1.94. The number of aromatic amines is 1. The normalized spacial score (nSPS) is 12.2. The molecule has 1 heterocycles. The minimum atomic E-state index is -3.85. The van der Waals surface area contributed by atoms with Gasteiger partial charge in [-0.3, -0.25) is 9.89 Å². The second-order valence-electron chi connectivity index (χ2n) is 8.22. The number of benzene rings is 2. The van der Waals surface area contributed by atoms with Crippen LogP contribution in [0.2, 0.25) is 0 Å². The van der Waals surface area contributed by atoms with Crippen LogP contribution in [0.5, 0.6) is 0 Å². The van der Waals surface area contributed by atoms with E-state index < -0.39 is 10.0 Å². The number of hydrogen-bond acceptors (Lipinski definition) is 4. The molecule has 0 fully saturated rings. The smallest absolute Gasteiger partial charge is 0.280 e. The van der Waals surface area contributed by atoms with E-state index in [2.05, 4.69) is 22.0 Å². The van der Waals surface area contributed by atoms with Crippen molar-refractivity contribution in [1.82, 2.24) is 14.6 Å². The Morgan fingerprint density at radius 3 is 2.30 bits per heavy atom. The van der Waals surface area contributed by atoms with Gasteiger partial charge in [-0.25, -0.2) is 4.68 Å². The Hall–Kier alpha value is -3.13. The molecule has 2 aromatic carbocycles. The van der Waals surface area contributed by atoms with E-state index in [1.54, 1.807) is 31.2 Å². The summed E-state index contributed by atoms with van der Waals surface area (Å²) in [5.41, 5.74) is 2.91. The molecule has 0 saturated heterocycles. The lowest BCUT2D eigenvalue weighted by atomic mass is 10.0. The second-order valence-corrected chi connectivity index (χ2v) is 9.88. The number of H-pyrrole nitrogens is 1. The predicted octanol–water partition coefficient (Wildman–Crippen LogP) is 4.83. The van der Waals surface area contributed by atoms with Crippen LogP contribution in [-0.2, 0) is 10.0 Å². The van der Waals surface area contributed by atoms with Crippen molar-refractivity contribution in [3.63, 3.8) is 0 Å². The first-order valence-corrected chi connectivity index (χ1v) is 12.8. The summed E-state index contributed by atoms with van der Waals surface area (Å²) < 4.78 is 27.0. The van der Waals surface area contributed by atoms with Crippen LogP contribution >= 0.6 is 0 Å². The summed E-state index contributed by atoms with van der Waals surface area (Å²) in [6, 6.07) is 15.8. The molecule has 0 aliphatic heterocycles. The van der Waals surface area contributed by atoms with Crippen molar-refractivity contribution in [2.45, 2.75) is 64.2 Å². The van der Waals surface area contributed by atoms with Gasteiger partial charge in [-0.05, 0) is 51.0 Å². The van der Waals surface area contributed by atoms with Crippen LogP contribution in [0.3, 0.4) is 0 Å². The number of aromatic nitrogens is 2. The predicted molar refractivity (Wildman–Crippen MR) is 133 cm³/mol. The standard InChI is InChI=1S/C25H32N4O3S/c1-4-5-6-7-11-14-23(26-28-33(31,32)22-17-15-19(2)16-18-22)24-20(3)27-29(25(24)30)21-12-9-8-10-13-21/h8-10,12-13,15-18,27-28H,4-7,11,14H2,1-3H3. The van der Waals surface area contributed by atoms with E-state index in [-0.39, 0.29) is 10.5 Å². The number of nitrogens with one attached hydrogen (secondary N) is 2. The molecular formula is C25H32N4O3S. The molecule has 0 aliphatic rings. The van der Waals surface area contributed by atoms with E-state index in [1.165, 1.54) is 4.68 Å². The van der Waals surface area contributed by atoms with Crippen molar-refractivity contribution < 1.29 is 8.42 Å². The van der Waals surface area contributed by atoms with Crippen LogP contribution in [-0.4, -0.2) is 23.9 Å². The number of unbranched alkanes of at least 4 members (excludes halogenated alkanes) is 4. The molecule has 0 atom stereocenters. The van der Waals surface area contributed by atoms with Crippen LogP contribution in [0.1, 0.15) is 62.3 Å². The van der Waals surface area contributed by atoms with E-state index in [1.807, 2.05) is 37.3 Å². The summed E-state index contributed by atoms with van der Waals surface area (Å²) in [4.78, 5) is 15.8. The van der Waals surface area contributed by atoms with Crippen molar-refractivity contribution in [1.29, 1.82) is 0 Å². The molecular weight excluding hydrogens is 436 g/mol. The summed E-state index contributed by atoms with van der Waals surface area (Å²) in [6.07, 6.45) is 5.70. The number of sulfonamides is 1. The minimum absolute atomic E-state index is 0.131. The van der Waals surface area contributed by atoms with Crippen LogP contribution < -0.4 is 10.4 Å². The maximum atomic E-state index is 13.3. The number of aryl methyl sites for hydroxylation is 2. The van der Waals surface area contributed by atoms with Gasteiger partial charge >= 0.3 is 0 Å². The SMILES string of the molecule is CCCCCCCC(=NNS(=O)(=O)c1ccc(C)cc1)c1c(C)[nH]n(-c2ccccc2)c1=O. The summed E-state index contributed by atoms with van der Waals surface area (Å²) in [6.45, 7) is 5.85. The molecule has 0 unspecified atom stereocenters. The van der Waals surface area contributed by atoms with E-state index in [0.29, 0.717) is 29.1 Å². The van der Waals surface area contributed by atoms with E-state index in [0.717, 1.165) is 37.7 Å². The topological polar surface area (TPSA) is 96.3 Å². The quantitative estimate of drug-likeness (QED) is 0.240. The van der Waals surface area contributed by atoms with Crippen molar-refractivity contribution in [2.24, 2.45) is 5.10 Å². The highest BCUT2D eigenvalue weighted by Crippen LogP contribution is 2.15. The maximum Gasteiger partial charge on any atom is 0.280 e. The zero-order chi connectivity index (χ0) is 23.8. The lowest BCUT2D eigenvalue weighted by molar-refractivity contribution is 0.584. The van der Waals surface area contributed by atoms with E-state index in [4.69, 9.17) is 0 Å². The van der Waals surface area contributed by atoms with Gasteiger partial charge in [0.1, 0.15) is 0 Å². The molecule has 0 radical (unpaired) electrons. The van der Waals surface area contributed by atoms with Gasteiger partial charge in [0.15, 0.2) is 0 Å². The third-order valence-corrected chi connectivity index (χ3v) is 6.75. The molecule has 8 heteroatoms. The molecule has 0 saturated carbocycles. The second kappa shape index (κ2) is 11.1. The van der Waals surface area contributed by atoms with Crippen molar-refractivity contribution in [2.75, 3.05) is 0 Å². The average Bonchev–Trinajstić information content (AvgIpc) is 3.10. The molecule has 0 bridgehead atoms. The van der Waals surface area contributed by atoms with E-state index in [9.17, 15) is 13.2 Å². The molecule has 3 rings (SSSR count). The molecule has 7 nitrogen and oxygen atoms in total. The van der Waals surface area contributed by atoms with Crippen molar-refractivity contribution in [3.05, 3.63) is 81.8 Å². The summed E-state index contributed by atoms with van der Waals surface area (Å²) >= 11 is 0. The van der Waals surface area contributed by atoms with Crippen LogP contribution in [0.15, 0.2) is 69.4 Å². The zero-order valence-electron chi connectivity index (χ0n) is 19.5. The first kappa shape index (κ1) is 24.5. The lowest BCUT2D eigenvalue weighted by Gasteiger charge is -2.08. The highest BCUT2D eigenvalue weighted by atomic mass is 32.2. The average molecular weight is 469 g/mol. The van der Waals surface area contributed by atoms with Crippen LogP contribution in [0.4, 0.5) is 0 Å². The minimum Gasteiger partial charge on any atom is -0.295 e. The van der Waals surface area contributed by atoms with Crippen molar-refractivity contribution >= 4 is 15.7 Å². The Morgan fingerprint density at radius 2 is 1.64 bits per heavy atom. The fourth-order valence-corrected chi connectivity index (χ4v) is 4.49. The largest absolute Gasteiger partial charge is 0.295 e. The fraction of sp³-hybridized carbons (Fsp3) is 0.360.